The first-order valence-electron chi connectivity index (χ1n) is 6.18. The van der Waals surface area contributed by atoms with Gasteiger partial charge in [0, 0.05) is 31.5 Å². The molecule has 19 heavy (non-hydrogen) atoms. The van der Waals surface area contributed by atoms with E-state index in [0.717, 1.165) is 16.9 Å². The van der Waals surface area contributed by atoms with E-state index in [1.54, 1.807) is 7.11 Å². The molecular formula is C15H18N2O2. The largest absolute Gasteiger partial charge is 0.496 e. The lowest BCUT2D eigenvalue weighted by Gasteiger charge is -2.08. The van der Waals surface area contributed by atoms with Crippen molar-refractivity contribution in [3.8, 4) is 5.75 Å². The Morgan fingerprint density at radius 3 is 2.79 bits per heavy atom. The summed E-state index contributed by atoms with van der Waals surface area (Å²) >= 11 is 0. The molecule has 0 radical (unpaired) electrons. The van der Waals surface area contributed by atoms with Crippen molar-refractivity contribution in [2.75, 3.05) is 7.11 Å². The topological polar surface area (TPSA) is 43.3 Å². The average molecular weight is 258 g/mol. The normalized spacial score (nSPS) is 10.2. The van der Waals surface area contributed by atoms with Gasteiger partial charge in [-0.2, -0.15) is 0 Å². The van der Waals surface area contributed by atoms with Gasteiger partial charge in [-0.3, -0.25) is 4.79 Å². The van der Waals surface area contributed by atoms with Gasteiger partial charge in [0.2, 0.25) is 5.91 Å². The predicted molar refractivity (Wildman–Crippen MR) is 74.0 cm³/mol. The molecule has 4 heteroatoms. The third-order valence-corrected chi connectivity index (χ3v) is 2.93. The molecule has 1 aromatic carbocycles. The number of rotatable bonds is 5. The van der Waals surface area contributed by atoms with Crippen LogP contribution < -0.4 is 10.1 Å². The minimum atomic E-state index is -0.00615. The van der Waals surface area contributed by atoms with Crippen LogP contribution in [0.25, 0.3) is 0 Å². The minimum Gasteiger partial charge on any atom is -0.496 e. The van der Waals surface area contributed by atoms with Crippen LogP contribution in [0.5, 0.6) is 5.75 Å². The Morgan fingerprint density at radius 1 is 1.32 bits per heavy atom. The Balaban J connectivity index is 1.90. The van der Waals surface area contributed by atoms with E-state index in [2.05, 4.69) is 5.32 Å². The fourth-order valence-electron chi connectivity index (χ4n) is 1.95. The molecule has 0 aliphatic carbocycles. The van der Waals surface area contributed by atoms with Crippen molar-refractivity contribution in [1.82, 2.24) is 9.88 Å². The maximum atomic E-state index is 11.9. The highest BCUT2D eigenvalue weighted by atomic mass is 16.5. The van der Waals surface area contributed by atoms with E-state index >= 15 is 0 Å². The molecule has 1 aromatic heterocycles. The van der Waals surface area contributed by atoms with E-state index in [1.807, 2.05) is 54.3 Å². The van der Waals surface area contributed by atoms with Crippen LogP contribution in [0.1, 0.15) is 11.1 Å². The first-order valence-corrected chi connectivity index (χ1v) is 6.18. The van der Waals surface area contributed by atoms with Crippen LogP contribution in [-0.2, 0) is 24.8 Å². The molecule has 0 unspecified atom stereocenters. The number of aryl methyl sites for hydroxylation is 1. The van der Waals surface area contributed by atoms with Crippen molar-refractivity contribution in [2.45, 2.75) is 13.0 Å². The smallest absolute Gasteiger partial charge is 0.224 e. The zero-order valence-electron chi connectivity index (χ0n) is 11.2. The van der Waals surface area contributed by atoms with Crippen LogP contribution in [0, 0.1) is 0 Å². The van der Waals surface area contributed by atoms with Gasteiger partial charge < -0.3 is 14.6 Å². The Bertz CT molecular complexity index is 561. The van der Waals surface area contributed by atoms with Gasteiger partial charge in [0.1, 0.15) is 5.75 Å². The number of nitrogens with zero attached hydrogens (tertiary/aromatic N) is 1. The third-order valence-electron chi connectivity index (χ3n) is 2.93. The minimum absolute atomic E-state index is 0.00615. The van der Waals surface area contributed by atoms with Crippen LogP contribution in [-0.4, -0.2) is 17.6 Å². The number of hydrogen-bond donors (Lipinski definition) is 1. The van der Waals surface area contributed by atoms with Gasteiger partial charge in [0.15, 0.2) is 0 Å². The number of ether oxygens (including phenoxy) is 1. The molecule has 0 saturated heterocycles. The van der Waals surface area contributed by atoms with E-state index in [4.69, 9.17) is 4.74 Å². The van der Waals surface area contributed by atoms with Crippen molar-refractivity contribution >= 4 is 5.91 Å². The Kier molecular flexibility index (Phi) is 4.23. The van der Waals surface area contributed by atoms with Crippen LogP contribution >= 0.6 is 0 Å². The van der Waals surface area contributed by atoms with Gasteiger partial charge in [0.25, 0.3) is 0 Å². The molecule has 0 bridgehead atoms. The summed E-state index contributed by atoms with van der Waals surface area (Å²) < 4.78 is 7.19. The molecule has 0 saturated carbocycles. The molecule has 0 aliphatic rings. The van der Waals surface area contributed by atoms with E-state index in [9.17, 15) is 4.79 Å². The molecule has 1 N–H and O–H groups in total. The van der Waals surface area contributed by atoms with Crippen LogP contribution in [0.15, 0.2) is 42.7 Å². The second-order valence-electron chi connectivity index (χ2n) is 4.45. The zero-order chi connectivity index (χ0) is 13.7. The lowest BCUT2D eigenvalue weighted by molar-refractivity contribution is -0.120. The maximum absolute atomic E-state index is 11.9. The summed E-state index contributed by atoms with van der Waals surface area (Å²) in [6, 6.07) is 9.55. The molecule has 2 aromatic rings. The molecule has 0 aliphatic heterocycles. The summed E-state index contributed by atoms with van der Waals surface area (Å²) in [4.78, 5) is 11.9. The predicted octanol–water partition coefficient (Wildman–Crippen LogP) is 1.89. The quantitative estimate of drug-likeness (QED) is 0.890. The lowest BCUT2D eigenvalue weighted by Crippen LogP contribution is -2.24. The number of carbonyl (C=O) groups excluding carboxylic acids is 1. The highest BCUT2D eigenvalue weighted by molar-refractivity contribution is 5.79. The Morgan fingerprint density at radius 2 is 2.11 bits per heavy atom. The van der Waals surface area contributed by atoms with Crippen molar-refractivity contribution in [1.29, 1.82) is 0 Å². The average Bonchev–Trinajstić information content (AvgIpc) is 2.83. The van der Waals surface area contributed by atoms with Gasteiger partial charge in [-0.25, -0.2) is 0 Å². The zero-order valence-corrected chi connectivity index (χ0v) is 11.2. The van der Waals surface area contributed by atoms with Crippen molar-refractivity contribution in [2.24, 2.45) is 7.05 Å². The number of benzene rings is 1. The molecule has 1 heterocycles. The summed E-state index contributed by atoms with van der Waals surface area (Å²) in [7, 11) is 3.57. The second-order valence-corrected chi connectivity index (χ2v) is 4.45. The van der Waals surface area contributed by atoms with Gasteiger partial charge in [0.05, 0.1) is 13.5 Å². The number of carbonyl (C=O) groups is 1. The maximum Gasteiger partial charge on any atom is 0.224 e. The van der Waals surface area contributed by atoms with E-state index < -0.39 is 0 Å². The Hall–Kier alpha value is -2.23. The van der Waals surface area contributed by atoms with Crippen molar-refractivity contribution in [3.05, 3.63) is 53.9 Å². The van der Waals surface area contributed by atoms with Gasteiger partial charge in [-0.1, -0.05) is 18.2 Å². The first kappa shape index (κ1) is 13.2. The molecule has 1 amide bonds. The molecule has 4 nitrogen and oxygen atoms in total. The second kappa shape index (κ2) is 6.09. The highest BCUT2D eigenvalue weighted by Crippen LogP contribution is 2.17. The van der Waals surface area contributed by atoms with Gasteiger partial charge in [-0.15, -0.1) is 0 Å². The molecule has 100 valence electrons. The summed E-state index contributed by atoms with van der Waals surface area (Å²) in [6.45, 7) is 0.550. The SMILES string of the molecule is COc1ccccc1CC(=O)NCc1ccn(C)c1. The molecule has 0 fully saturated rings. The summed E-state index contributed by atoms with van der Waals surface area (Å²) in [6.07, 6.45) is 4.28. The number of aromatic nitrogens is 1. The van der Waals surface area contributed by atoms with Crippen molar-refractivity contribution in [3.63, 3.8) is 0 Å². The molecule has 0 spiro atoms. The monoisotopic (exact) mass is 258 g/mol. The number of amides is 1. The highest BCUT2D eigenvalue weighted by Gasteiger charge is 2.07. The number of para-hydroxylation sites is 1. The van der Waals surface area contributed by atoms with Crippen LogP contribution in [0.4, 0.5) is 0 Å². The summed E-state index contributed by atoms with van der Waals surface area (Å²) in [5.41, 5.74) is 1.99. The fourth-order valence-corrected chi connectivity index (χ4v) is 1.95. The third kappa shape index (κ3) is 3.61. The number of nitrogens with one attached hydrogen (secondary N) is 1. The molecule has 2 rings (SSSR count). The first-order chi connectivity index (χ1) is 9.19. The summed E-state index contributed by atoms with van der Waals surface area (Å²) in [5.74, 6) is 0.741. The molecule has 0 atom stereocenters. The lowest BCUT2D eigenvalue weighted by atomic mass is 10.1. The summed E-state index contributed by atoms with van der Waals surface area (Å²) in [5, 5.41) is 2.90. The van der Waals surface area contributed by atoms with E-state index in [1.165, 1.54) is 0 Å². The van der Waals surface area contributed by atoms with Gasteiger partial charge >= 0.3 is 0 Å². The standard InChI is InChI=1S/C15H18N2O2/c1-17-8-7-12(11-17)10-16-15(18)9-13-5-3-4-6-14(13)19-2/h3-8,11H,9-10H2,1-2H3,(H,16,18). The van der Waals surface area contributed by atoms with Crippen molar-refractivity contribution < 1.29 is 9.53 Å². The van der Waals surface area contributed by atoms with Gasteiger partial charge in [-0.05, 0) is 17.7 Å². The molecular weight excluding hydrogens is 240 g/mol. The van der Waals surface area contributed by atoms with E-state index in [-0.39, 0.29) is 5.91 Å². The fraction of sp³-hybridized carbons (Fsp3) is 0.267. The number of methoxy groups -OCH3 is 1. The van der Waals surface area contributed by atoms with E-state index in [0.29, 0.717) is 13.0 Å². The number of hydrogen-bond acceptors (Lipinski definition) is 2. The van der Waals surface area contributed by atoms with Crippen LogP contribution in [0.2, 0.25) is 0 Å². The Labute approximate surface area is 113 Å². The van der Waals surface area contributed by atoms with Crippen LogP contribution in [0.3, 0.4) is 0 Å².